The van der Waals surface area contributed by atoms with Crippen LogP contribution in [0.1, 0.15) is 26.3 Å². The second kappa shape index (κ2) is 6.56. The van der Waals surface area contributed by atoms with Gasteiger partial charge in [-0.3, -0.25) is 0 Å². The Morgan fingerprint density at radius 2 is 1.87 bits per heavy atom. The predicted molar refractivity (Wildman–Crippen MR) is 62.8 cm³/mol. The van der Waals surface area contributed by atoms with Gasteiger partial charge in [0.05, 0.1) is 5.56 Å². The Morgan fingerprint density at radius 3 is 2.40 bits per heavy atom. The van der Waals surface area contributed by atoms with E-state index >= 15 is 0 Å². The molecule has 0 saturated carbocycles. The Morgan fingerprint density at radius 1 is 1.27 bits per heavy atom. The summed E-state index contributed by atoms with van der Waals surface area (Å²) < 4.78 is 0. The van der Waals surface area contributed by atoms with E-state index in [2.05, 4.69) is 18.4 Å². The fraction of sp³-hybridized carbons (Fsp3) is 0.231. The minimum atomic E-state index is 0.0616. The molecule has 2 heteroatoms. The molecule has 0 aromatic heterocycles. The van der Waals surface area contributed by atoms with Crippen molar-refractivity contribution in [2.75, 3.05) is 0 Å². The van der Waals surface area contributed by atoms with Gasteiger partial charge in [0.25, 0.3) is 0 Å². The van der Waals surface area contributed by atoms with Gasteiger partial charge in [0, 0.05) is 0 Å². The second-order valence-electron chi connectivity index (χ2n) is 2.73. The van der Waals surface area contributed by atoms with E-state index in [-0.39, 0.29) is 11.5 Å². The van der Waals surface area contributed by atoms with Gasteiger partial charge in [0.1, 0.15) is 11.5 Å². The molecular formula is C13H16O2. The van der Waals surface area contributed by atoms with Crippen molar-refractivity contribution >= 4 is 0 Å². The van der Waals surface area contributed by atoms with Gasteiger partial charge in [0.2, 0.25) is 0 Å². The lowest BCUT2D eigenvalue weighted by Gasteiger charge is -1.96. The quantitative estimate of drug-likeness (QED) is 0.503. The molecule has 15 heavy (non-hydrogen) atoms. The maximum Gasteiger partial charge on any atom is 0.131 e. The molecule has 2 nitrogen and oxygen atoms in total. The van der Waals surface area contributed by atoms with Gasteiger partial charge in [-0.2, -0.15) is 0 Å². The molecule has 1 rings (SSSR count). The lowest BCUT2D eigenvalue weighted by molar-refractivity contribution is 0.459. The zero-order valence-electron chi connectivity index (χ0n) is 9.33. The van der Waals surface area contributed by atoms with Gasteiger partial charge >= 0.3 is 0 Å². The molecule has 0 bridgehead atoms. The molecule has 0 unspecified atom stereocenters. The summed E-state index contributed by atoms with van der Waals surface area (Å²) in [4.78, 5) is 0. The van der Waals surface area contributed by atoms with Gasteiger partial charge in [-0.15, -0.1) is 0 Å². The topological polar surface area (TPSA) is 40.5 Å². The molecule has 0 aliphatic rings. The Kier molecular flexibility index (Phi) is 5.73. The molecular weight excluding hydrogens is 188 g/mol. The van der Waals surface area contributed by atoms with Gasteiger partial charge in [0.15, 0.2) is 0 Å². The van der Waals surface area contributed by atoms with E-state index in [1.807, 2.05) is 13.8 Å². The van der Waals surface area contributed by atoms with Gasteiger partial charge in [-0.25, -0.2) is 0 Å². The van der Waals surface area contributed by atoms with Crippen LogP contribution in [0.15, 0.2) is 30.4 Å². The van der Waals surface area contributed by atoms with Crippen LogP contribution in [0.5, 0.6) is 11.5 Å². The molecule has 1 aromatic carbocycles. The van der Waals surface area contributed by atoms with Crippen molar-refractivity contribution in [3.8, 4) is 23.3 Å². The first-order valence-electron chi connectivity index (χ1n) is 4.79. The number of phenols is 2. The third kappa shape index (κ3) is 4.78. The maximum absolute atomic E-state index is 9.30. The first-order valence-corrected chi connectivity index (χ1v) is 4.79. The Labute approximate surface area is 90.9 Å². The van der Waals surface area contributed by atoms with Crippen molar-refractivity contribution < 1.29 is 10.2 Å². The maximum atomic E-state index is 9.30. The molecule has 0 atom stereocenters. The van der Waals surface area contributed by atoms with Crippen LogP contribution in [0, 0.1) is 11.8 Å². The van der Waals surface area contributed by atoms with Crippen LogP contribution in [0.4, 0.5) is 0 Å². The summed E-state index contributed by atoms with van der Waals surface area (Å²) in [5.74, 6) is 5.56. The highest BCUT2D eigenvalue weighted by Crippen LogP contribution is 2.20. The number of hydrogen-bond donors (Lipinski definition) is 2. The highest BCUT2D eigenvalue weighted by atomic mass is 16.3. The van der Waals surface area contributed by atoms with E-state index < -0.39 is 0 Å². The molecule has 0 aliphatic carbocycles. The molecule has 0 radical (unpaired) electrons. The zero-order valence-corrected chi connectivity index (χ0v) is 9.33. The summed E-state index contributed by atoms with van der Waals surface area (Å²) in [5, 5.41) is 18.4. The summed E-state index contributed by atoms with van der Waals surface area (Å²) in [5.41, 5.74) is 1.12. The first-order chi connectivity index (χ1) is 7.09. The Balaban J connectivity index is 0.000000921. The number of benzene rings is 1. The normalized spacial score (nSPS) is 7.93. The highest BCUT2D eigenvalue weighted by Gasteiger charge is 1.97. The Bertz CT molecular complexity index is 395. The fourth-order valence-corrected chi connectivity index (χ4v) is 0.798. The lowest BCUT2D eigenvalue weighted by Crippen LogP contribution is -1.76. The van der Waals surface area contributed by atoms with Crippen molar-refractivity contribution in [3.63, 3.8) is 0 Å². The summed E-state index contributed by atoms with van der Waals surface area (Å²) in [7, 11) is 0. The number of hydrogen-bond acceptors (Lipinski definition) is 2. The SMILES string of the molecule is C=C(C)C#Cc1cc(O)ccc1O.CC. The van der Waals surface area contributed by atoms with Crippen LogP contribution in [0.2, 0.25) is 0 Å². The van der Waals surface area contributed by atoms with Crippen LogP contribution in [-0.2, 0) is 0 Å². The summed E-state index contributed by atoms with van der Waals surface area (Å²) in [6.07, 6.45) is 0. The molecule has 1 aromatic rings. The first kappa shape index (κ1) is 13.1. The molecule has 0 fully saturated rings. The molecule has 2 N–H and O–H groups in total. The average Bonchev–Trinajstić information content (AvgIpc) is 2.22. The van der Waals surface area contributed by atoms with Crippen LogP contribution in [0.25, 0.3) is 0 Å². The van der Waals surface area contributed by atoms with Crippen molar-refractivity contribution in [1.29, 1.82) is 0 Å². The predicted octanol–water partition coefficient (Wildman–Crippen LogP) is 3.05. The zero-order chi connectivity index (χ0) is 11.8. The standard InChI is InChI=1S/C11H10O2.C2H6/c1-8(2)3-4-9-7-10(12)5-6-11(9)13;1-2/h5-7,12-13H,1H2,2H3;1-2H3. The number of rotatable bonds is 0. The smallest absolute Gasteiger partial charge is 0.131 e. The van der Waals surface area contributed by atoms with E-state index in [4.69, 9.17) is 5.11 Å². The van der Waals surface area contributed by atoms with Crippen LogP contribution >= 0.6 is 0 Å². The monoisotopic (exact) mass is 204 g/mol. The molecule has 0 aliphatic heterocycles. The van der Waals surface area contributed by atoms with E-state index in [0.29, 0.717) is 11.1 Å². The van der Waals surface area contributed by atoms with Crippen LogP contribution in [0.3, 0.4) is 0 Å². The number of allylic oxidation sites excluding steroid dienone is 1. The number of phenolic OH excluding ortho intramolecular Hbond substituents is 2. The third-order valence-corrected chi connectivity index (χ3v) is 1.39. The molecule has 0 heterocycles. The lowest BCUT2D eigenvalue weighted by atomic mass is 10.2. The highest BCUT2D eigenvalue weighted by molar-refractivity contribution is 5.50. The Hall–Kier alpha value is -1.88. The van der Waals surface area contributed by atoms with Gasteiger partial charge < -0.3 is 10.2 Å². The average molecular weight is 204 g/mol. The fourth-order valence-electron chi connectivity index (χ4n) is 0.798. The molecule has 0 saturated heterocycles. The second-order valence-corrected chi connectivity index (χ2v) is 2.73. The summed E-state index contributed by atoms with van der Waals surface area (Å²) in [6.45, 7) is 9.38. The molecule has 80 valence electrons. The largest absolute Gasteiger partial charge is 0.508 e. The van der Waals surface area contributed by atoms with Crippen molar-refractivity contribution in [2.24, 2.45) is 0 Å². The molecule has 0 amide bonds. The third-order valence-electron chi connectivity index (χ3n) is 1.39. The van der Waals surface area contributed by atoms with Gasteiger partial charge in [-0.05, 0) is 30.7 Å². The van der Waals surface area contributed by atoms with Crippen molar-refractivity contribution in [2.45, 2.75) is 20.8 Å². The summed E-state index contributed by atoms with van der Waals surface area (Å²) >= 11 is 0. The van der Waals surface area contributed by atoms with Crippen LogP contribution in [-0.4, -0.2) is 10.2 Å². The van der Waals surface area contributed by atoms with Crippen LogP contribution < -0.4 is 0 Å². The summed E-state index contributed by atoms with van der Waals surface area (Å²) in [6, 6.07) is 4.21. The van der Waals surface area contributed by atoms with Gasteiger partial charge in [-0.1, -0.05) is 32.3 Å². The van der Waals surface area contributed by atoms with E-state index in [1.54, 1.807) is 6.92 Å². The van der Waals surface area contributed by atoms with E-state index in [1.165, 1.54) is 18.2 Å². The number of aromatic hydroxyl groups is 2. The van der Waals surface area contributed by atoms with Crippen molar-refractivity contribution in [3.05, 3.63) is 35.9 Å². The van der Waals surface area contributed by atoms with Crippen molar-refractivity contribution in [1.82, 2.24) is 0 Å². The molecule has 0 spiro atoms. The minimum absolute atomic E-state index is 0.0616. The minimum Gasteiger partial charge on any atom is -0.508 e. The van der Waals surface area contributed by atoms with E-state index in [0.717, 1.165) is 0 Å². The van der Waals surface area contributed by atoms with E-state index in [9.17, 15) is 5.11 Å².